The summed E-state index contributed by atoms with van der Waals surface area (Å²) in [4.78, 5) is 16.6. The maximum atomic E-state index is 12.0. The Kier molecular flexibility index (Phi) is 4.85. The summed E-state index contributed by atoms with van der Waals surface area (Å²) in [6, 6.07) is 15.7. The number of fused-ring (bicyclic) bond motifs is 1. The van der Waals surface area contributed by atoms with Crippen LogP contribution in [-0.2, 0) is 11.2 Å². The molecule has 0 bridgehead atoms. The first-order valence-corrected chi connectivity index (χ1v) is 8.72. The molecule has 1 aromatic heterocycles. The molecule has 0 atom stereocenters. The number of para-hydroxylation sites is 2. The summed E-state index contributed by atoms with van der Waals surface area (Å²) < 4.78 is 2.10. The Morgan fingerprint density at radius 1 is 1.14 bits per heavy atom. The fourth-order valence-corrected chi connectivity index (χ4v) is 3.60. The van der Waals surface area contributed by atoms with Crippen molar-refractivity contribution >= 4 is 49.1 Å². The number of halogens is 1. The Hall–Kier alpha value is -1.72. The Morgan fingerprint density at radius 2 is 1.91 bits per heavy atom. The molecule has 1 heterocycles. The average Bonchev–Trinajstić information content (AvgIpc) is 2.92. The minimum absolute atomic E-state index is 0.0352. The standard InChI is InChI=1S/C17H15BrN2OS/c18-12-6-1-2-7-13(12)19-16(21)10-5-11-17-20-14-8-3-4-9-15(14)22-17/h1-4,6-9H,5,10-11H2,(H,19,21). The van der Waals surface area contributed by atoms with Gasteiger partial charge in [-0.15, -0.1) is 11.3 Å². The second kappa shape index (κ2) is 7.03. The van der Waals surface area contributed by atoms with Crippen LogP contribution in [0.2, 0.25) is 0 Å². The molecule has 2 aromatic carbocycles. The second-order valence-corrected chi connectivity index (χ2v) is 6.93. The van der Waals surface area contributed by atoms with Crippen LogP contribution in [-0.4, -0.2) is 10.9 Å². The number of carbonyl (C=O) groups is 1. The van der Waals surface area contributed by atoms with E-state index in [4.69, 9.17) is 0 Å². The van der Waals surface area contributed by atoms with Crippen LogP contribution in [0.3, 0.4) is 0 Å². The lowest BCUT2D eigenvalue weighted by Crippen LogP contribution is -2.11. The lowest BCUT2D eigenvalue weighted by Gasteiger charge is -2.06. The van der Waals surface area contributed by atoms with Crippen LogP contribution in [0.15, 0.2) is 53.0 Å². The van der Waals surface area contributed by atoms with Crippen molar-refractivity contribution in [2.75, 3.05) is 5.32 Å². The van der Waals surface area contributed by atoms with Gasteiger partial charge >= 0.3 is 0 Å². The van der Waals surface area contributed by atoms with E-state index in [1.807, 2.05) is 42.5 Å². The molecule has 0 aliphatic heterocycles. The summed E-state index contributed by atoms with van der Waals surface area (Å²) in [5, 5.41) is 4.01. The van der Waals surface area contributed by atoms with E-state index in [9.17, 15) is 4.79 Å². The fourth-order valence-electron chi connectivity index (χ4n) is 2.20. The van der Waals surface area contributed by atoms with Gasteiger partial charge in [-0.05, 0) is 53.0 Å². The molecule has 0 aliphatic carbocycles. The molecule has 5 heteroatoms. The summed E-state index contributed by atoms with van der Waals surface area (Å²) in [7, 11) is 0. The Morgan fingerprint density at radius 3 is 2.73 bits per heavy atom. The van der Waals surface area contributed by atoms with Crippen molar-refractivity contribution in [1.82, 2.24) is 4.98 Å². The number of hydrogen-bond donors (Lipinski definition) is 1. The van der Waals surface area contributed by atoms with Crippen LogP contribution in [0.4, 0.5) is 5.69 Å². The number of amides is 1. The zero-order chi connectivity index (χ0) is 15.4. The first kappa shape index (κ1) is 15.2. The number of hydrogen-bond acceptors (Lipinski definition) is 3. The number of nitrogens with one attached hydrogen (secondary N) is 1. The molecule has 0 aliphatic rings. The highest BCUT2D eigenvalue weighted by Crippen LogP contribution is 2.23. The number of aromatic nitrogens is 1. The highest BCUT2D eigenvalue weighted by molar-refractivity contribution is 9.10. The minimum Gasteiger partial charge on any atom is -0.325 e. The van der Waals surface area contributed by atoms with Gasteiger partial charge in [0.15, 0.2) is 0 Å². The first-order chi connectivity index (χ1) is 10.7. The van der Waals surface area contributed by atoms with Crippen LogP contribution < -0.4 is 5.32 Å². The third-order valence-corrected chi connectivity index (χ3v) is 5.07. The lowest BCUT2D eigenvalue weighted by molar-refractivity contribution is -0.116. The van der Waals surface area contributed by atoms with Gasteiger partial charge in [-0.25, -0.2) is 4.98 Å². The predicted molar refractivity (Wildman–Crippen MR) is 95.3 cm³/mol. The highest BCUT2D eigenvalue weighted by Gasteiger charge is 2.07. The van der Waals surface area contributed by atoms with Gasteiger partial charge in [-0.3, -0.25) is 4.79 Å². The zero-order valence-corrected chi connectivity index (χ0v) is 14.3. The van der Waals surface area contributed by atoms with E-state index in [0.717, 1.165) is 33.5 Å². The maximum absolute atomic E-state index is 12.0. The third-order valence-electron chi connectivity index (χ3n) is 3.28. The summed E-state index contributed by atoms with van der Waals surface area (Å²) >= 11 is 5.13. The second-order valence-electron chi connectivity index (χ2n) is 4.96. The molecule has 22 heavy (non-hydrogen) atoms. The Labute approximate surface area is 141 Å². The lowest BCUT2D eigenvalue weighted by atomic mass is 10.2. The maximum Gasteiger partial charge on any atom is 0.224 e. The quantitative estimate of drug-likeness (QED) is 0.680. The van der Waals surface area contributed by atoms with Gasteiger partial charge in [0.1, 0.15) is 0 Å². The summed E-state index contributed by atoms with van der Waals surface area (Å²) in [6.45, 7) is 0. The molecule has 1 N–H and O–H groups in total. The van der Waals surface area contributed by atoms with Gasteiger partial charge in [0.05, 0.1) is 20.9 Å². The molecule has 3 aromatic rings. The number of aryl methyl sites for hydroxylation is 1. The van der Waals surface area contributed by atoms with Crippen LogP contribution in [0.5, 0.6) is 0 Å². The zero-order valence-electron chi connectivity index (χ0n) is 11.9. The normalized spacial score (nSPS) is 10.8. The molecule has 0 fully saturated rings. The summed E-state index contributed by atoms with van der Waals surface area (Å²) in [6.07, 6.45) is 2.14. The van der Waals surface area contributed by atoms with Gasteiger partial charge in [-0.1, -0.05) is 24.3 Å². The van der Waals surface area contributed by atoms with Gasteiger partial charge in [0.25, 0.3) is 0 Å². The van der Waals surface area contributed by atoms with Crippen LogP contribution in [0.1, 0.15) is 17.8 Å². The van der Waals surface area contributed by atoms with Crippen molar-refractivity contribution in [1.29, 1.82) is 0 Å². The van der Waals surface area contributed by atoms with Crippen molar-refractivity contribution in [3.8, 4) is 0 Å². The van der Waals surface area contributed by atoms with E-state index < -0.39 is 0 Å². The van der Waals surface area contributed by atoms with E-state index in [1.165, 1.54) is 4.70 Å². The molecular formula is C17H15BrN2OS. The van der Waals surface area contributed by atoms with Gasteiger partial charge in [-0.2, -0.15) is 0 Å². The average molecular weight is 375 g/mol. The topological polar surface area (TPSA) is 42.0 Å². The number of nitrogens with zero attached hydrogens (tertiary/aromatic N) is 1. The molecule has 0 saturated heterocycles. The number of carbonyl (C=O) groups excluding carboxylic acids is 1. The van der Waals surface area contributed by atoms with E-state index in [-0.39, 0.29) is 5.91 Å². The first-order valence-electron chi connectivity index (χ1n) is 7.11. The number of rotatable bonds is 5. The molecule has 1 amide bonds. The monoisotopic (exact) mass is 374 g/mol. The fraction of sp³-hybridized carbons (Fsp3) is 0.176. The molecule has 0 unspecified atom stereocenters. The third kappa shape index (κ3) is 3.72. The number of benzene rings is 2. The molecular weight excluding hydrogens is 360 g/mol. The van der Waals surface area contributed by atoms with E-state index >= 15 is 0 Å². The molecule has 0 saturated carbocycles. The molecule has 3 rings (SSSR count). The van der Waals surface area contributed by atoms with Crippen molar-refractivity contribution in [3.05, 3.63) is 58.0 Å². The van der Waals surface area contributed by atoms with Crippen molar-refractivity contribution in [2.45, 2.75) is 19.3 Å². The van der Waals surface area contributed by atoms with Crippen molar-refractivity contribution < 1.29 is 4.79 Å². The highest BCUT2D eigenvalue weighted by atomic mass is 79.9. The smallest absolute Gasteiger partial charge is 0.224 e. The van der Waals surface area contributed by atoms with Crippen LogP contribution >= 0.6 is 27.3 Å². The summed E-state index contributed by atoms with van der Waals surface area (Å²) in [5.74, 6) is 0.0352. The number of thiazole rings is 1. The Bertz CT molecular complexity index is 767. The number of anilines is 1. The van der Waals surface area contributed by atoms with Gasteiger partial charge in [0.2, 0.25) is 5.91 Å². The van der Waals surface area contributed by atoms with Crippen LogP contribution in [0, 0.1) is 0 Å². The van der Waals surface area contributed by atoms with Crippen molar-refractivity contribution in [2.24, 2.45) is 0 Å². The predicted octanol–water partition coefficient (Wildman–Crippen LogP) is 5.02. The SMILES string of the molecule is O=C(CCCc1nc2ccccc2s1)Nc1ccccc1Br. The molecule has 0 radical (unpaired) electrons. The molecule has 112 valence electrons. The van der Waals surface area contributed by atoms with Gasteiger partial charge in [0, 0.05) is 10.9 Å². The molecule has 3 nitrogen and oxygen atoms in total. The largest absolute Gasteiger partial charge is 0.325 e. The minimum atomic E-state index is 0.0352. The Balaban J connectivity index is 1.52. The van der Waals surface area contributed by atoms with Crippen molar-refractivity contribution in [3.63, 3.8) is 0 Å². The van der Waals surface area contributed by atoms with E-state index in [1.54, 1.807) is 11.3 Å². The molecule has 0 spiro atoms. The van der Waals surface area contributed by atoms with E-state index in [2.05, 4.69) is 32.3 Å². The summed E-state index contributed by atoms with van der Waals surface area (Å²) in [5.41, 5.74) is 1.85. The van der Waals surface area contributed by atoms with Gasteiger partial charge < -0.3 is 5.32 Å². The van der Waals surface area contributed by atoms with Crippen LogP contribution in [0.25, 0.3) is 10.2 Å². The van der Waals surface area contributed by atoms with E-state index in [0.29, 0.717) is 6.42 Å².